The van der Waals surface area contributed by atoms with Gasteiger partial charge < -0.3 is 15.5 Å². The Labute approximate surface area is 169 Å². The standard InChI is InChI=1S/C18H37N5O2S2/c1-3-19-18(20-7-4-9-22-10-5-17(2)6-11-22)21-8-16-27(24,25)23-12-14-26-15-13-23/h17H,3-16H2,1-2H3,(H2,19,20,21). The number of rotatable bonds is 9. The fraction of sp³-hybridized carbons (Fsp3) is 0.944. The minimum Gasteiger partial charge on any atom is -0.357 e. The zero-order valence-corrected chi connectivity index (χ0v) is 18.6. The Morgan fingerprint density at radius 3 is 2.52 bits per heavy atom. The summed E-state index contributed by atoms with van der Waals surface area (Å²) in [6, 6.07) is 0. The van der Waals surface area contributed by atoms with Crippen molar-refractivity contribution >= 4 is 27.7 Å². The van der Waals surface area contributed by atoms with E-state index in [1.807, 2.05) is 18.7 Å². The maximum Gasteiger partial charge on any atom is 0.215 e. The van der Waals surface area contributed by atoms with E-state index in [2.05, 4.69) is 27.4 Å². The molecule has 2 N–H and O–H groups in total. The Balaban J connectivity index is 1.68. The van der Waals surface area contributed by atoms with Crippen LogP contribution in [0.4, 0.5) is 0 Å². The number of hydrogen-bond donors (Lipinski definition) is 2. The third kappa shape index (κ3) is 8.58. The zero-order valence-electron chi connectivity index (χ0n) is 17.0. The molecule has 0 aromatic rings. The summed E-state index contributed by atoms with van der Waals surface area (Å²) in [5.41, 5.74) is 0. The van der Waals surface area contributed by atoms with Gasteiger partial charge in [0.25, 0.3) is 0 Å². The molecule has 9 heteroatoms. The third-order valence-electron chi connectivity index (χ3n) is 5.14. The van der Waals surface area contributed by atoms with E-state index in [-0.39, 0.29) is 5.75 Å². The van der Waals surface area contributed by atoms with Gasteiger partial charge in [-0.3, -0.25) is 4.99 Å². The maximum atomic E-state index is 12.4. The van der Waals surface area contributed by atoms with E-state index in [9.17, 15) is 8.42 Å². The second kappa shape index (κ2) is 12.1. The van der Waals surface area contributed by atoms with E-state index in [1.165, 1.54) is 25.9 Å². The molecule has 0 saturated carbocycles. The SMILES string of the molecule is CCNC(=NCCCN1CCC(C)CC1)NCCS(=O)(=O)N1CCSCC1. The maximum absolute atomic E-state index is 12.4. The smallest absolute Gasteiger partial charge is 0.215 e. The lowest BCUT2D eigenvalue weighted by Gasteiger charge is -2.29. The van der Waals surface area contributed by atoms with Crippen LogP contribution < -0.4 is 10.6 Å². The highest BCUT2D eigenvalue weighted by Gasteiger charge is 2.23. The van der Waals surface area contributed by atoms with Crippen LogP contribution in [0.2, 0.25) is 0 Å². The molecule has 0 spiro atoms. The topological polar surface area (TPSA) is 77.0 Å². The largest absolute Gasteiger partial charge is 0.357 e. The van der Waals surface area contributed by atoms with Gasteiger partial charge in [0.15, 0.2) is 5.96 Å². The van der Waals surface area contributed by atoms with Gasteiger partial charge in [0.1, 0.15) is 0 Å². The number of guanidine groups is 1. The van der Waals surface area contributed by atoms with Crippen molar-refractivity contribution in [3.8, 4) is 0 Å². The first-order chi connectivity index (χ1) is 13.0. The molecule has 158 valence electrons. The van der Waals surface area contributed by atoms with Crippen molar-refractivity contribution in [3.63, 3.8) is 0 Å². The summed E-state index contributed by atoms with van der Waals surface area (Å²) < 4.78 is 26.4. The van der Waals surface area contributed by atoms with Crippen molar-refractivity contribution in [2.45, 2.75) is 33.1 Å². The molecule has 2 heterocycles. The normalized spacial score (nSPS) is 21.3. The lowest BCUT2D eigenvalue weighted by atomic mass is 9.99. The van der Waals surface area contributed by atoms with Crippen molar-refractivity contribution in [2.24, 2.45) is 10.9 Å². The molecule has 0 amide bonds. The summed E-state index contributed by atoms with van der Waals surface area (Å²) in [4.78, 5) is 7.13. The van der Waals surface area contributed by atoms with Gasteiger partial charge in [-0.25, -0.2) is 12.7 Å². The quantitative estimate of drug-likeness (QED) is 0.330. The summed E-state index contributed by atoms with van der Waals surface area (Å²) in [6.45, 7) is 11.1. The van der Waals surface area contributed by atoms with Crippen molar-refractivity contribution in [3.05, 3.63) is 0 Å². The van der Waals surface area contributed by atoms with Crippen molar-refractivity contribution < 1.29 is 8.42 Å². The van der Waals surface area contributed by atoms with Crippen LogP contribution in [-0.2, 0) is 10.0 Å². The Kier molecular flexibility index (Phi) is 10.2. The highest BCUT2D eigenvalue weighted by Crippen LogP contribution is 2.16. The number of thioether (sulfide) groups is 1. The third-order valence-corrected chi connectivity index (χ3v) is 7.95. The molecule has 0 aromatic heterocycles. The van der Waals surface area contributed by atoms with E-state index >= 15 is 0 Å². The number of aliphatic imine (C=N–C) groups is 1. The van der Waals surface area contributed by atoms with Gasteiger partial charge in [-0.05, 0) is 51.7 Å². The summed E-state index contributed by atoms with van der Waals surface area (Å²) in [6.07, 6.45) is 3.64. The van der Waals surface area contributed by atoms with Gasteiger partial charge in [-0.2, -0.15) is 11.8 Å². The minimum atomic E-state index is -3.17. The first kappa shape index (κ1) is 22.8. The molecule has 0 radical (unpaired) electrons. The minimum absolute atomic E-state index is 0.119. The molecule has 27 heavy (non-hydrogen) atoms. The Morgan fingerprint density at radius 2 is 1.85 bits per heavy atom. The van der Waals surface area contributed by atoms with Crippen molar-refractivity contribution in [1.29, 1.82) is 0 Å². The van der Waals surface area contributed by atoms with Crippen LogP contribution in [-0.4, -0.2) is 93.2 Å². The second-order valence-electron chi connectivity index (χ2n) is 7.39. The number of sulfonamides is 1. The average molecular weight is 420 g/mol. The lowest BCUT2D eigenvalue weighted by molar-refractivity contribution is 0.192. The van der Waals surface area contributed by atoms with Gasteiger partial charge in [-0.15, -0.1) is 0 Å². The molecule has 0 unspecified atom stereocenters. The molecule has 2 aliphatic rings. The molecular formula is C18H37N5O2S2. The molecule has 0 aromatic carbocycles. The lowest BCUT2D eigenvalue weighted by Crippen LogP contribution is -2.44. The number of nitrogens with zero attached hydrogens (tertiary/aromatic N) is 3. The second-order valence-corrected chi connectivity index (χ2v) is 10.7. The molecule has 7 nitrogen and oxygen atoms in total. The van der Waals surface area contributed by atoms with Gasteiger partial charge in [-0.1, -0.05) is 6.92 Å². The first-order valence-corrected chi connectivity index (χ1v) is 13.1. The van der Waals surface area contributed by atoms with Crippen LogP contribution in [0.3, 0.4) is 0 Å². The number of piperidine rings is 1. The summed E-state index contributed by atoms with van der Waals surface area (Å²) in [7, 11) is -3.17. The molecule has 2 aliphatic heterocycles. The van der Waals surface area contributed by atoms with E-state index < -0.39 is 10.0 Å². The van der Waals surface area contributed by atoms with E-state index in [1.54, 1.807) is 4.31 Å². The van der Waals surface area contributed by atoms with E-state index in [0.29, 0.717) is 25.6 Å². The average Bonchev–Trinajstić information content (AvgIpc) is 2.67. The van der Waals surface area contributed by atoms with Crippen LogP contribution in [0, 0.1) is 5.92 Å². The van der Waals surface area contributed by atoms with Crippen LogP contribution in [0.25, 0.3) is 0 Å². The van der Waals surface area contributed by atoms with Gasteiger partial charge in [0, 0.05) is 44.2 Å². The van der Waals surface area contributed by atoms with Crippen molar-refractivity contribution in [1.82, 2.24) is 19.8 Å². The zero-order chi connectivity index (χ0) is 19.5. The first-order valence-electron chi connectivity index (χ1n) is 10.3. The number of hydrogen-bond acceptors (Lipinski definition) is 5. The summed E-state index contributed by atoms with van der Waals surface area (Å²) in [5.74, 6) is 3.49. The van der Waals surface area contributed by atoms with Crippen molar-refractivity contribution in [2.75, 3.05) is 69.6 Å². The van der Waals surface area contributed by atoms with Crippen LogP contribution in [0.1, 0.15) is 33.1 Å². The molecule has 2 rings (SSSR count). The van der Waals surface area contributed by atoms with Crippen LogP contribution >= 0.6 is 11.8 Å². The fourth-order valence-electron chi connectivity index (χ4n) is 3.36. The highest BCUT2D eigenvalue weighted by atomic mass is 32.2. The molecule has 2 fully saturated rings. The van der Waals surface area contributed by atoms with Gasteiger partial charge in [0.05, 0.1) is 5.75 Å². The van der Waals surface area contributed by atoms with E-state index in [4.69, 9.17) is 0 Å². The Bertz CT molecular complexity index is 542. The predicted molar refractivity (Wildman–Crippen MR) is 116 cm³/mol. The highest BCUT2D eigenvalue weighted by molar-refractivity contribution is 7.99. The molecule has 2 saturated heterocycles. The predicted octanol–water partition coefficient (Wildman–Crippen LogP) is 1.04. The number of likely N-dealkylation sites (tertiary alicyclic amines) is 1. The van der Waals surface area contributed by atoms with Crippen LogP contribution in [0.15, 0.2) is 4.99 Å². The monoisotopic (exact) mass is 419 g/mol. The molecule has 0 bridgehead atoms. The molecule has 0 atom stereocenters. The van der Waals surface area contributed by atoms with Gasteiger partial charge >= 0.3 is 0 Å². The summed E-state index contributed by atoms with van der Waals surface area (Å²) in [5, 5.41) is 6.38. The molecular weight excluding hydrogens is 382 g/mol. The number of nitrogens with one attached hydrogen (secondary N) is 2. The fourth-order valence-corrected chi connectivity index (χ4v) is 5.86. The Hall–Kier alpha value is -0.510. The Morgan fingerprint density at radius 1 is 1.15 bits per heavy atom. The summed E-state index contributed by atoms with van der Waals surface area (Å²) >= 11 is 1.82. The van der Waals surface area contributed by atoms with E-state index in [0.717, 1.165) is 43.5 Å². The van der Waals surface area contributed by atoms with Gasteiger partial charge in [0.2, 0.25) is 10.0 Å². The van der Waals surface area contributed by atoms with Crippen LogP contribution in [0.5, 0.6) is 0 Å². The molecule has 0 aliphatic carbocycles.